The van der Waals surface area contributed by atoms with Crippen LogP contribution in [0.25, 0.3) is 0 Å². The van der Waals surface area contributed by atoms with E-state index < -0.39 is 0 Å². The van der Waals surface area contributed by atoms with Crippen molar-refractivity contribution in [3.05, 3.63) is 11.1 Å². The number of carbonyl (C=O) groups is 1. The molecule has 2 atom stereocenters. The van der Waals surface area contributed by atoms with Crippen molar-refractivity contribution in [3.63, 3.8) is 0 Å². The van der Waals surface area contributed by atoms with Gasteiger partial charge in [-0.2, -0.15) is 0 Å². The molecule has 2 rings (SSSR count). The van der Waals surface area contributed by atoms with Crippen LogP contribution >= 0.6 is 11.5 Å². The molecule has 1 amide bonds. The number of hydrogen-bond donors (Lipinski definition) is 2. The van der Waals surface area contributed by atoms with Crippen molar-refractivity contribution in [2.24, 2.45) is 5.73 Å². The van der Waals surface area contributed by atoms with Crippen molar-refractivity contribution in [2.75, 3.05) is 0 Å². The molecule has 0 bridgehead atoms. The van der Waals surface area contributed by atoms with Gasteiger partial charge >= 0.3 is 0 Å². The van der Waals surface area contributed by atoms with Gasteiger partial charge < -0.3 is 11.1 Å². The van der Waals surface area contributed by atoms with E-state index >= 15 is 0 Å². The molecule has 1 aliphatic carbocycles. The van der Waals surface area contributed by atoms with Crippen molar-refractivity contribution in [3.8, 4) is 0 Å². The third-order valence-corrected chi connectivity index (χ3v) is 3.30. The molecule has 0 aromatic carbocycles. The first-order valence-electron chi connectivity index (χ1n) is 5.09. The van der Waals surface area contributed by atoms with Crippen LogP contribution in [-0.4, -0.2) is 27.6 Å². The van der Waals surface area contributed by atoms with Crippen molar-refractivity contribution >= 4 is 17.4 Å². The predicted molar refractivity (Wildman–Crippen MR) is 57.6 cm³/mol. The molecule has 3 N–H and O–H groups in total. The quantitative estimate of drug-likeness (QED) is 0.771. The molecule has 1 aromatic rings. The van der Waals surface area contributed by atoms with Gasteiger partial charge in [0.15, 0.2) is 0 Å². The summed E-state index contributed by atoms with van der Waals surface area (Å²) in [6.45, 7) is 0. The Balaban J connectivity index is 1.89. The number of carbonyl (C=O) groups excluding carboxylic acids is 1. The maximum Gasteiger partial charge on any atom is 0.264 e. The molecule has 5 nitrogen and oxygen atoms in total. The molecule has 15 heavy (non-hydrogen) atoms. The van der Waals surface area contributed by atoms with Crippen LogP contribution in [0.3, 0.4) is 0 Å². The summed E-state index contributed by atoms with van der Waals surface area (Å²) in [6, 6.07) is 0.437. The maximum atomic E-state index is 11.7. The molecule has 0 radical (unpaired) electrons. The summed E-state index contributed by atoms with van der Waals surface area (Å²) in [4.78, 5) is 12.2. The fourth-order valence-corrected chi connectivity index (χ4v) is 2.30. The fourth-order valence-electron chi connectivity index (χ4n) is 1.88. The van der Waals surface area contributed by atoms with Crippen LogP contribution < -0.4 is 11.1 Å². The summed E-state index contributed by atoms with van der Waals surface area (Å²) in [7, 11) is 0. The van der Waals surface area contributed by atoms with Gasteiger partial charge in [-0.3, -0.25) is 4.79 Å². The van der Waals surface area contributed by atoms with Crippen LogP contribution in [0.2, 0.25) is 0 Å². The molecular formula is C9H14N4OS. The van der Waals surface area contributed by atoms with Crippen LogP contribution in [0.4, 0.5) is 0 Å². The zero-order chi connectivity index (χ0) is 10.7. The Morgan fingerprint density at radius 1 is 1.60 bits per heavy atom. The lowest BCUT2D eigenvalue weighted by atomic mass is 9.91. The smallest absolute Gasteiger partial charge is 0.264 e. The van der Waals surface area contributed by atoms with Crippen molar-refractivity contribution < 1.29 is 4.79 Å². The fraction of sp³-hybridized carbons (Fsp3) is 0.667. The summed E-state index contributed by atoms with van der Waals surface area (Å²) >= 11 is 1.12. The van der Waals surface area contributed by atoms with E-state index in [1.165, 1.54) is 6.20 Å². The number of nitrogens with zero attached hydrogens (tertiary/aromatic N) is 2. The second-order valence-electron chi connectivity index (χ2n) is 3.88. The monoisotopic (exact) mass is 226 g/mol. The minimum Gasteiger partial charge on any atom is -0.348 e. The molecule has 1 heterocycles. The van der Waals surface area contributed by atoms with E-state index in [1.807, 2.05) is 0 Å². The summed E-state index contributed by atoms with van der Waals surface area (Å²) in [5.41, 5.74) is 5.85. The van der Waals surface area contributed by atoms with E-state index in [9.17, 15) is 4.79 Å². The van der Waals surface area contributed by atoms with Gasteiger partial charge in [-0.1, -0.05) is 4.49 Å². The van der Waals surface area contributed by atoms with Crippen LogP contribution in [0.15, 0.2) is 6.20 Å². The summed E-state index contributed by atoms with van der Waals surface area (Å²) in [5.74, 6) is -0.0795. The molecule has 1 saturated carbocycles. The molecule has 1 aromatic heterocycles. The highest BCUT2D eigenvalue weighted by molar-refractivity contribution is 7.07. The van der Waals surface area contributed by atoms with Gasteiger partial charge in [-0.25, -0.2) is 0 Å². The highest BCUT2D eigenvalue weighted by Gasteiger charge is 2.21. The zero-order valence-electron chi connectivity index (χ0n) is 8.35. The van der Waals surface area contributed by atoms with Gasteiger partial charge in [0, 0.05) is 12.1 Å². The third-order valence-electron chi connectivity index (χ3n) is 2.64. The summed E-state index contributed by atoms with van der Waals surface area (Å²) in [5, 5.41) is 6.60. The highest BCUT2D eigenvalue weighted by atomic mass is 32.1. The number of nitrogens with two attached hydrogens (primary N) is 1. The number of hydrogen-bond acceptors (Lipinski definition) is 5. The maximum absolute atomic E-state index is 11.7. The van der Waals surface area contributed by atoms with Gasteiger partial charge in [0.2, 0.25) is 0 Å². The average molecular weight is 226 g/mol. The van der Waals surface area contributed by atoms with Crippen LogP contribution in [-0.2, 0) is 0 Å². The largest absolute Gasteiger partial charge is 0.348 e. The molecule has 0 spiro atoms. The van der Waals surface area contributed by atoms with Gasteiger partial charge in [-0.15, -0.1) is 5.10 Å². The summed E-state index contributed by atoms with van der Waals surface area (Å²) in [6.07, 6.45) is 5.54. The first-order chi connectivity index (χ1) is 7.25. The molecule has 2 unspecified atom stereocenters. The Kier molecular flexibility index (Phi) is 3.27. The van der Waals surface area contributed by atoms with Crippen LogP contribution in [0.1, 0.15) is 35.4 Å². The van der Waals surface area contributed by atoms with Gasteiger partial charge in [0.05, 0.1) is 6.20 Å². The van der Waals surface area contributed by atoms with E-state index in [0.29, 0.717) is 4.88 Å². The molecule has 1 aliphatic rings. The predicted octanol–water partition coefficient (Wildman–Crippen LogP) is 0.538. The lowest BCUT2D eigenvalue weighted by Crippen LogP contribution is -2.42. The van der Waals surface area contributed by atoms with Crippen LogP contribution in [0.5, 0.6) is 0 Å². The minimum atomic E-state index is -0.0795. The molecule has 0 aliphatic heterocycles. The Morgan fingerprint density at radius 2 is 2.47 bits per heavy atom. The molecule has 0 saturated heterocycles. The van der Waals surface area contributed by atoms with E-state index in [4.69, 9.17) is 5.73 Å². The zero-order valence-corrected chi connectivity index (χ0v) is 9.17. The van der Waals surface area contributed by atoms with E-state index in [0.717, 1.165) is 37.2 Å². The lowest BCUT2D eigenvalue weighted by Gasteiger charge is -2.26. The van der Waals surface area contributed by atoms with Crippen molar-refractivity contribution in [1.82, 2.24) is 14.9 Å². The standard InChI is InChI=1S/C9H14N4OS/c10-6-2-1-3-7(4-6)12-9(14)8-5-11-13-15-8/h5-7H,1-4,10H2,(H,12,14). The Hall–Kier alpha value is -1.01. The first kappa shape index (κ1) is 10.5. The van der Waals surface area contributed by atoms with Gasteiger partial charge in [-0.05, 0) is 37.2 Å². The number of aromatic nitrogens is 2. The second kappa shape index (κ2) is 4.67. The number of amides is 1. The van der Waals surface area contributed by atoms with Gasteiger partial charge in [0.1, 0.15) is 4.88 Å². The Bertz CT molecular complexity index is 327. The first-order valence-corrected chi connectivity index (χ1v) is 5.87. The number of nitrogens with one attached hydrogen (secondary N) is 1. The lowest BCUT2D eigenvalue weighted by molar-refractivity contribution is 0.0929. The molecular weight excluding hydrogens is 212 g/mol. The Labute approximate surface area is 92.2 Å². The van der Waals surface area contributed by atoms with E-state index in [-0.39, 0.29) is 18.0 Å². The van der Waals surface area contributed by atoms with Gasteiger partial charge in [0.25, 0.3) is 5.91 Å². The average Bonchev–Trinajstić information content (AvgIpc) is 2.70. The van der Waals surface area contributed by atoms with Crippen LogP contribution in [0, 0.1) is 0 Å². The Morgan fingerprint density at radius 3 is 3.13 bits per heavy atom. The van der Waals surface area contributed by atoms with Crippen molar-refractivity contribution in [1.29, 1.82) is 0 Å². The number of rotatable bonds is 2. The summed E-state index contributed by atoms with van der Waals surface area (Å²) < 4.78 is 3.66. The van der Waals surface area contributed by atoms with E-state index in [2.05, 4.69) is 14.9 Å². The SMILES string of the molecule is NC1CCCC(NC(=O)c2cnns2)C1. The minimum absolute atomic E-state index is 0.0795. The van der Waals surface area contributed by atoms with Crippen molar-refractivity contribution in [2.45, 2.75) is 37.8 Å². The second-order valence-corrected chi connectivity index (χ2v) is 4.66. The highest BCUT2D eigenvalue weighted by Crippen LogP contribution is 2.17. The molecule has 82 valence electrons. The van der Waals surface area contributed by atoms with E-state index in [1.54, 1.807) is 0 Å². The topological polar surface area (TPSA) is 80.9 Å². The molecule has 6 heteroatoms. The normalized spacial score (nSPS) is 26.2. The third kappa shape index (κ3) is 2.73. The molecule has 1 fully saturated rings.